The maximum Gasteiger partial charge on any atom is 0.267 e. The summed E-state index contributed by atoms with van der Waals surface area (Å²) in [5.74, 6) is -0.137. The van der Waals surface area contributed by atoms with E-state index in [0.717, 1.165) is 5.56 Å². The van der Waals surface area contributed by atoms with Crippen molar-refractivity contribution in [3.8, 4) is 22.9 Å². The van der Waals surface area contributed by atoms with Gasteiger partial charge in [-0.05, 0) is 48.9 Å². The molecule has 1 aromatic heterocycles. The van der Waals surface area contributed by atoms with Crippen LogP contribution in [0.3, 0.4) is 0 Å². The van der Waals surface area contributed by atoms with E-state index in [1.807, 2.05) is 0 Å². The number of anilines is 1. The molecule has 0 aliphatic rings. The largest absolute Gasteiger partial charge is 0.454 e. The Labute approximate surface area is 143 Å². The van der Waals surface area contributed by atoms with Gasteiger partial charge < -0.3 is 16.2 Å². The fourth-order valence-corrected chi connectivity index (χ4v) is 2.21. The van der Waals surface area contributed by atoms with E-state index in [0.29, 0.717) is 11.3 Å². The van der Waals surface area contributed by atoms with Gasteiger partial charge in [-0.15, -0.1) is 0 Å². The zero-order chi connectivity index (χ0) is 18.0. The number of ether oxygens (including phenoxy) is 1. The van der Waals surface area contributed by atoms with E-state index in [-0.39, 0.29) is 23.1 Å². The van der Waals surface area contributed by atoms with Crippen molar-refractivity contribution in [1.82, 2.24) is 9.97 Å². The predicted octanol–water partition coefficient (Wildman–Crippen LogP) is 3.06. The first-order valence-electron chi connectivity index (χ1n) is 7.41. The van der Waals surface area contributed by atoms with E-state index in [9.17, 15) is 9.18 Å². The van der Waals surface area contributed by atoms with E-state index < -0.39 is 11.7 Å². The lowest BCUT2D eigenvalue weighted by atomic mass is 10.2. The number of aryl methyl sites for hydroxylation is 1. The van der Waals surface area contributed by atoms with Crippen molar-refractivity contribution in [2.45, 2.75) is 6.92 Å². The highest BCUT2D eigenvalue weighted by Crippen LogP contribution is 2.27. The van der Waals surface area contributed by atoms with Crippen LogP contribution >= 0.6 is 0 Å². The quantitative estimate of drug-likeness (QED) is 0.761. The highest BCUT2D eigenvalue weighted by molar-refractivity contribution is 5.91. The molecule has 3 rings (SSSR count). The molecule has 1 heterocycles. The van der Waals surface area contributed by atoms with E-state index >= 15 is 0 Å². The molecule has 2 aromatic carbocycles. The summed E-state index contributed by atoms with van der Waals surface area (Å²) in [4.78, 5) is 19.4. The topological polar surface area (TPSA) is 104 Å². The Morgan fingerprint density at radius 2 is 1.80 bits per heavy atom. The molecule has 0 fully saturated rings. The van der Waals surface area contributed by atoms with Crippen molar-refractivity contribution >= 4 is 11.7 Å². The van der Waals surface area contributed by atoms with Crippen LogP contribution in [0.1, 0.15) is 16.1 Å². The van der Waals surface area contributed by atoms with Gasteiger partial charge in [-0.1, -0.05) is 6.07 Å². The number of rotatable bonds is 4. The Morgan fingerprint density at radius 3 is 2.44 bits per heavy atom. The molecule has 3 aromatic rings. The highest BCUT2D eigenvalue weighted by atomic mass is 19.1. The third-order valence-electron chi connectivity index (χ3n) is 3.43. The minimum absolute atomic E-state index is 0.0320. The number of nitrogens with two attached hydrogens (primary N) is 2. The first-order chi connectivity index (χ1) is 11.9. The molecule has 0 saturated carbocycles. The van der Waals surface area contributed by atoms with Gasteiger partial charge in [-0.25, -0.2) is 14.4 Å². The van der Waals surface area contributed by atoms with E-state index in [1.54, 1.807) is 43.3 Å². The summed E-state index contributed by atoms with van der Waals surface area (Å²) >= 11 is 0. The van der Waals surface area contributed by atoms with E-state index in [2.05, 4.69) is 9.97 Å². The minimum atomic E-state index is -0.690. The van der Waals surface area contributed by atoms with E-state index in [4.69, 9.17) is 16.2 Å². The van der Waals surface area contributed by atoms with Crippen molar-refractivity contribution in [1.29, 1.82) is 0 Å². The standard InChI is InChI=1S/C18H15FN4O2/c1-10-2-7-15(13(19)8-10)25-12-5-3-11(4-6-12)18-22-14(17(21)24)9-16(20)23-18/h2-9H,1H3,(H2,21,24)(H2,20,22,23). The fraction of sp³-hybridized carbons (Fsp3) is 0.0556. The predicted molar refractivity (Wildman–Crippen MR) is 91.6 cm³/mol. The lowest BCUT2D eigenvalue weighted by Gasteiger charge is -2.08. The number of carbonyl (C=O) groups is 1. The number of nitrogen functional groups attached to an aromatic ring is 1. The zero-order valence-electron chi connectivity index (χ0n) is 13.4. The van der Waals surface area contributed by atoms with Crippen molar-refractivity contribution in [3.05, 3.63) is 65.6 Å². The summed E-state index contributed by atoms with van der Waals surface area (Å²) in [5.41, 5.74) is 12.4. The molecule has 0 spiro atoms. The van der Waals surface area contributed by atoms with Crippen LogP contribution < -0.4 is 16.2 Å². The molecular weight excluding hydrogens is 323 g/mol. The average Bonchev–Trinajstić information content (AvgIpc) is 2.57. The molecule has 25 heavy (non-hydrogen) atoms. The third-order valence-corrected chi connectivity index (χ3v) is 3.43. The van der Waals surface area contributed by atoms with Crippen LogP contribution in [-0.2, 0) is 0 Å². The monoisotopic (exact) mass is 338 g/mol. The molecule has 7 heteroatoms. The average molecular weight is 338 g/mol. The van der Waals surface area contributed by atoms with Gasteiger partial charge in [0.2, 0.25) is 0 Å². The third kappa shape index (κ3) is 3.72. The maximum atomic E-state index is 13.8. The second kappa shape index (κ2) is 6.56. The maximum absolute atomic E-state index is 13.8. The second-order valence-electron chi connectivity index (χ2n) is 5.43. The first-order valence-corrected chi connectivity index (χ1v) is 7.41. The zero-order valence-corrected chi connectivity index (χ0v) is 13.4. The Balaban J connectivity index is 1.86. The smallest absolute Gasteiger partial charge is 0.267 e. The first kappa shape index (κ1) is 16.4. The number of halogens is 1. The van der Waals surface area contributed by atoms with Gasteiger partial charge in [0.1, 0.15) is 17.3 Å². The van der Waals surface area contributed by atoms with Gasteiger partial charge >= 0.3 is 0 Å². The number of benzene rings is 2. The van der Waals surface area contributed by atoms with Crippen molar-refractivity contribution < 1.29 is 13.9 Å². The van der Waals surface area contributed by atoms with Crippen LogP contribution in [0.5, 0.6) is 11.5 Å². The molecule has 0 unspecified atom stereocenters. The number of carbonyl (C=O) groups excluding carboxylic acids is 1. The second-order valence-corrected chi connectivity index (χ2v) is 5.43. The Hall–Kier alpha value is -3.48. The summed E-state index contributed by atoms with van der Waals surface area (Å²) < 4.78 is 19.4. The Morgan fingerprint density at radius 1 is 1.08 bits per heavy atom. The molecule has 6 nitrogen and oxygen atoms in total. The van der Waals surface area contributed by atoms with Gasteiger partial charge in [0.05, 0.1) is 0 Å². The van der Waals surface area contributed by atoms with Crippen molar-refractivity contribution in [2.75, 3.05) is 5.73 Å². The van der Waals surface area contributed by atoms with Crippen LogP contribution in [0.2, 0.25) is 0 Å². The lowest BCUT2D eigenvalue weighted by Crippen LogP contribution is -2.14. The molecule has 1 amide bonds. The van der Waals surface area contributed by atoms with Crippen LogP contribution in [0.4, 0.5) is 10.2 Å². The summed E-state index contributed by atoms with van der Waals surface area (Å²) in [7, 11) is 0. The van der Waals surface area contributed by atoms with Gasteiger partial charge in [0.25, 0.3) is 5.91 Å². The molecule has 0 saturated heterocycles. The fourth-order valence-electron chi connectivity index (χ4n) is 2.21. The van der Waals surface area contributed by atoms with Gasteiger partial charge in [0, 0.05) is 11.6 Å². The number of hydrogen-bond donors (Lipinski definition) is 2. The Kier molecular flexibility index (Phi) is 4.30. The van der Waals surface area contributed by atoms with Crippen LogP contribution in [-0.4, -0.2) is 15.9 Å². The van der Waals surface area contributed by atoms with Gasteiger partial charge in [-0.3, -0.25) is 4.79 Å². The summed E-state index contributed by atoms with van der Waals surface area (Å²) in [6, 6.07) is 12.7. The van der Waals surface area contributed by atoms with Gasteiger partial charge in [-0.2, -0.15) is 0 Å². The van der Waals surface area contributed by atoms with Crippen LogP contribution in [0.15, 0.2) is 48.5 Å². The van der Waals surface area contributed by atoms with Crippen LogP contribution in [0, 0.1) is 12.7 Å². The molecule has 4 N–H and O–H groups in total. The summed E-state index contributed by atoms with van der Waals surface area (Å²) in [6.45, 7) is 1.80. The molecule has 0 aliphatic carbocycles. The molecule has 0 aliphatic heterocycles. The number of amides is 1. The lowest BCUT2D eigenvalue weighted by molar-refractivity contribution is 0.0995. The molecular formula is C18H15FN4O2. The molecule has 0 atom stereocenters. The number of nitrogens with zero attached hydrogens (tertiary/aromatic N) is 2. The minimum Gasteiger partial charge on any atom is -0.454 e. The summed E-state index contributed by atoms with van der Waals surface area (Å²) in [5, 5.41) is 0. The normalized spacial score (nSPS) is 10.5. The summed E-state index contributed by atoms with van der Waals surface area (Å²) in [6.07, 6.45) is 0. The molecule has 0 bridgehead atoms. The van der Waals surface area contributed by atoms with Crippen LogP contribution in [0.25, 0.3) is 11.4 Å². The Bertz CT molecular complexity index is 942. The SMILES string of the molecule is Cc1ccc(Oc2ccc(-c3nc(N)cc(C(N)=O)n3)cc2)c(F)c1. The number of primary amides is 1. The van der Waals surface area contributed by atoms with Crippen molar-refractivity contribution in [2.24, 2.45) is 5.73 Å². The highest BCUT2D eigenvalue weighted by Gasteiger charge is 2.10. The van der Waals surface area contributed by atoms with Gasteiger partial charge in [0.15, 0.2) is 17.4 Å². The number of hydrogen-bond acceptors (Lipinski definition) is 5. The molecule has 126 valence electrons. The van der Waals surface area contributed by atoms with E-state index in [1.165, 1.54) is 12.1 Å². The van der Waals surface area contributed by atoms with Crippen molar-refractivity contribution in [3.63, 3.8) is 0 Å². The number of aromatic nitrogens is 2. The molecule has 0 radical (unpaired) electrons.